The standard InChI is InChI=1S/C15H13BrClNO2/c1-18(9-10-2-5-12(19)6-3-10)15(20)13-7-4-11(17)8-14(13)16/h2-8,19H,9H2,1H3. The number of nitrogens with zero attached hydrogens (tertiary/aromatic N) is 1. The second-order valence-corrected chi connectivity index (χ2v) is 5.74. The van der Waals surface area contributed by atoms with Gasteiger partial charge in [-0.05, 0) is 51.8 Å². The Bertz CT molecular complexity index is 628. The first-order valence-corrected chi connectivity index (χ1v) is 7.13. The fraction of sp³-hybridized carbons (Fsp3) is 0.133. The van der Waals surface area contributed by atoms with Crippen molar-refractivity contribution >= 4 is 33.4 Å². The van der Waals surface area contributed by atoms with Crippen molar-refractivity contribution in [3.8, 4) is 5.75 Å². The van der Waals surface area contributed by atoms with Crippen LogP contribution in [0.25, 0.3) is 0 Å². The Labute approximate surface area is 130 Å². The minimum absolute atomic E-state index is 0.0957. The molecule has 0 saturated carbocycles. The number of rotatable bonds is 3. The molecule has 2 aromatic carbocycles. The van der Waals surface area contributed by atoms with Crippen LogP contribution in [0.4, 0.5) is 0 Å². The zero-order valence-corrected chi connectivity index (χ0v) is 13.1. The van der Waals surface area contributed by atoms with E-state index in [1.54, 1.807) is 54.4 Å². The number of amides is 1. The summed E-state index contributed by atoms with van der Waals surface area (Å²) < 4.78 is 0.674. The summed E-state index contributed by atoms with van der Waals surface area (Å²) in [5.41, 5.74) is 1.51. The first kappa shape index (κ1) is 14.9. The van der Waals surface area contributed by atoms with Gasteiger partial charge in [-0.3, -0.25) is 4.79 Å². The molecule has 2 aromatic rings. The largest absolute Gasteiger partial charge is 0.508 e. The zero-order valence-electron chi connectivity index (χ0n) is 10.8. The zero-order chi connectivity index (χ0) is 14.7. The van der Waals surface area contributed by atoms with Crippen LogP contribution in [0.1, 0.15) is 15.9 Å². The van der Waals surface area contributed by atoms with Gasteiger partial charge in [-0.15, -0.1) is 0 Å². The molecule has 0 atom stereocenters. The van der Waals surface area contributed by atoms with Crippen molar-refractivity contribution < 1.29 is 9.90 Å². The Morgan fingerprint density at radius 3 is 2.50 bits per heavy atom. The topological polar surface area (TPSA) is 40.5 Å². The summed E-state index contributed by atoms with van der Waals surface area (Å²) in [7, 11) is 1.73. The highest BCUT2D eigenvalue weighted by Gasteiger charge is 2.15. The molecule has 5 heteroatoms. The number of phenols is 1. The third-order valence-corrected chi connectivity index (χ3v) is 3.76. The highest BCUT2D eigenvalue weighted by molar-refractivity contribution is 9.10. The molecular weight excluding hydrogens is 342 g/mol. The molecule has 0 bridgehead atoms. The normalized spacial score (nSPS) is 10.3. The van der Waals surface area contributed by atoms with E-state index in [0.29, 0.717) is 21.6 Å². The van der Waals surface area contributed by atoms with E-state index < -0.39 is 0 Å². The Morgan fingerprint density at radius 2 is 1.90 bits per heavy atom. The number of phenolic OH excluding ortho intramolecular Hbond substituents is 1. The lowest BCUT2D eigenvalue weighted by molar-refractivity contribution is 0.0784. The molecule has 0 fully saturated rings. The molecule has 1 N–H and O–H groups in total. The fourth-order valence-electron chi connectivity index (χ4n) is 1.82. The summed E-state index contributed by atoms with van der Waals surface area (Å²) in [4.78, 5) is 14.0. The number of aromatic hydroxyl groups is 1. The van der Waals surface area contributed by atoms with Crippen molar-refractivity contribution in [2.75, 3.05) is 7.05 Å². The van der Waals surface area contributed by atoms with Crippen LogP contribution in [-0.4, -0.2) is 23.0 Å². The molecule has 0 radical (unpaired) electrons. The average molecular weight is 355 g/mol. The van der Waals surface area contributed by atoms with Gasteiger partial charge in [-0.2, -0.15) is 0 Å². The van der Waals surface area contributed by atoms with Crippen molar-refractivity contribution in [2.45, 2.75) is 6.54 Å². The molecule has 0 unspecified atom stereocenters. The predicted octanol–water partition coefficient (Wildman–Crippen LogP) is 4.08. The Morgan fingerprint density at radius 1 is 1.25 bits per heavy atom. The lowest BCUT2D eigenvalue weighted by Crippen LogP contribution is -2.26. The predicted molar refractivity (Wildman–Crippen MR) is 83.1 cm³/mol. The van der Waals surface area contributed by atoms with Crippen LogP contribution in [0, 0.1) is 0 Å². The number of hydrogen-bond acceptors (Lipinski definition) is 2. The van der Waals surface area contributed by atoms with Gasteiger partial charge < -0.3 is 10.0 Å². The third kappa shape index (κ3) is 3.52. The van der Waals surface area contributed by atoms with E-state index in [2.05, 4.69) is 15.9 Å². The number of hydrogen-bond donors (Lipinski definition) is 1. The van der Waals surface area contributed by atoms with Gasteiger partial charge in [0.2, 0.25) is 0 Å². The van der Waals surface area contributed by atoms with Crippen molar-refractivity contribution in [1.29, 1.82) is 0 Å². The van der Waals surface area contributed by atoms with Crippen molar-refractivity contribution in [2.24, 2.45) is 0 Å². The first-order chi connectivity index (χ1) is 9.47. The van der Waals surface area contributed by atoms with Crippen LogP contribution in [0.2, 0.25) is 5.02 Å². The van der Waals surface area contributed by atoms with Gasteiger partial charge in [0.1, 0.15) is 5.75 Å². The molecule has 0 aliphatic heterocycles. The number of benzene rings is 2. The summed E-state index contributed by atoms with van der Waals surface area (Å²) in [5, 5.41) is 9.82. The van der Waals surface area contributed by atoms with E-state index in [9.17, 15) is 9.90 Å². The van der Waals surface area contributed by atoms with Crippen molar-refractivity contribution in [1.82, 2.24) is 4.90 Å². The van der Waals surface area contributed by atoms with Crippen LogP contribution in [-0.2, 0) is 6.54 Å². The average Bonchev–Trinajstić information content (AvgIpc) is 2.40. The number of carbonyl (C=O) groups is 1. The Kier molecular flexibility index (Phi) is 4.68. The maximum Gasteiger partial charge on any atom is 0.255 e. The summed E-state index contributed by atoms with van der Waals surface area (Å²) in [6, 6.07) is 11.9. The molecule has 1 amide bonds. The van der Waals surface area contributed by atoms with Crippen LogP contribution >= 0.6 is 27.5 Å². The summed E-state index contributed by atoms with van der Waals surface area (Å²) in [6.07, 6.45) is 0. The monoisotopic (exact) mass is 353 g/mol. The third-order valence-electron chi connectivity index (χ3n) is 2.86. The molecular formula is C15H13BrClNO2. The minimum Gasteiger partial charge on any atom is -0.508 e. The summed E-state index contributed by atoms with van der Waals surface area (Å²) >= 11 is 9.21. The molecule has 20 heavy (non-hydrogen) atoms. The van der Waals surface area contributed by atoms with Gasteiger partial charge >= 0.3 is 0 Å². The molecule has 0 aliphatic rings. The van der Waals surface area contributed by atoms with Gasteiger partial charge in [-0.1, -0.05) is 23.7 Å². The van der Waals surface area contributed by atoms with Crippen LogP contribution in [0.3, 0.4) is 0 Å². The Hall–Kier alpha value is -1.52. The SMILES string of the molecule is CN(Cc1ccc(O)cc1)C(=O)c1ccc(Cl)cc1Br. The molecule has 0 spiro atoms. The fourth-order valence-corrected chi connectivity index (χ4v) is 2.67. The van der Waals surface area contributed by atoms with Gasteiger partial charge in [-0.25, -0.2) is 0 Å². The van der Waals surface area contributed by atoms with Crippen LogP contribution < -0.4 is 0 Å². The maximum atomic E-state index is 12.4. The molecule has 3 nitrogen and oxygen atoms in total. The second-order valence-electron chi connectivity index (χ2n) is 4.45. The van der Waals surface area contributed by atoms with Crippen LogP contribution in [0.5, 0.6) is 5.75 Å². The van der Waals surface area contributed by atoms with Crippen molar-refractivity contribution in [3.63, 3.8) is 0 Å². The maximum absolute atomic E-state index is 12.4. The molecule has 2 rings (SSSR count). The van der Waals surface area contributed by atoms with Gasteiger partial charge in [0.25, 0.3) is 5.91 Å². The van der Waals surface area contributed by atoms with E-state index in [-0.39, 0.29) is 11.7 Å². The second kappa shape index (κ2) is 6.29. The van der Waals surface area contributed by atoms with Gasteiger partial charge in [0.05, 0.1) is 5.56 Å². The van der Waals surface area contributed by atoms with E-state index in [1.165, 1.54) is 0 Å². The Balaban J connectivity index is 2.14. The van der Waals surface area contributed by atoms with E-state index >= 15 is 0 Å². The first-order valence-electron chi connectivity index (χ1n) is 5.96. The minimum atomic E-state index is -0.0957. The molecule has 0 aromatic heterocycles. The lowest BCUT2D eigenvalue weighted by atomic mass is 10.1. The van der Waals surface area contributed by atoms with E-state index in [4.69, 9.17) is 11.6 Å². The smallest absolute Gasteiger partial charge is 0.255 e. The summed E-state index contributed by atoms with van der Waals surface area (Å²) in [5.74, 6) is 0.116. The van der Waals surface area contributed by atoms with E-state index in [0.717, 1.165) is 5.56 Å². The number of carbonyl (C=O) groups excluding carboxylic acids is 1. The van der Waals surface area contributed by atoms with E-state index in [1.807, 2.05) is 0 Å². The van der Waals surface area contributed by atoms with Gasteiger partial charge in [0.15, 0.2) is 0 Å². The quantitative estimate of drug-likeness (QED) is 0.902. The van der Waals surface area contributed by atoms with Crippen LogP contribution in [0.15, 0.2) is 46.9 Å². The van der Waals surface area contributed by atoms with Gasteiger partial charge in [0, 0.05) is 23.1 Å². The molecule has 0 aliphatic carbocycles. The molecule has 0 heterocycles. The lowest BCUT2D eigenvalue weighted by Gasteiger charge is -2.18. The van der Waals surface area contributed by atoms with Crippen molar-refractivity contribution in [3.05, 3.63) is 63.1 Å². The highest BCUT2D eigenvalue weighted by Crippen LogP contribution is 2.23. The molecule has 104 valence electrons. The highest BCUT2D eigenvalue weighted by atomic mass is 79.9. The number of halogens is 2. The molecule has 0 saturated heterocycles. The summed E-state index contributed by atoms with van der Waals surface area (Å²) in [6.45, 7) is 0.466.